The summed E-state index contributed by atoms with van der Waals surface area (Å²) in [6, 6.07) is 10.9. The molecule has 0 saturated carbocycles. The molecule has 1 amide bonds. The van der Waals surface area contributed by atoms with Crippen LogP contribution in [-0.2, 0) is 11.3 Å². The average Bonchev–Trinajstić information content (AvgIpc) is 2.84. The van der Waals surface area contributed by atoms with Crippen molar-refractivity contribution < 1.29 is 14.7 Å². The molecule has 1 aromatic heterocycles. The summed E-state index contributed by atoms with van der Waals surface area (Å²) >= 11 is 7.14. The summed E-state index contributed by atoms with van der Waals surface area (Å²) in [6.45, 7) is -0.123. The monoisotopic (exact) mass is 309 g/mol. The van der Waals surface area contributed by atoms with Gasteiger partial charge in [0, 0.05) is 6.54 Å². The third-order valence-corrected chi connectivity index (χ3v) is 3.97. The third kappa shape index (κ3) is 3.59. The number of thiophene rings is 1. The van der Waals surface area contributed by atoms with Gasteiger partial charge in [-0.05, 0) is 17.0 Å². The van der Waals surface area contributed by atoms with Crippen LogP contribution in [0.2, 0.25) is 5.02 Å². The molecule has 0 fully saturated rings. The zero-order chi connectivity index (χ0) is 14.5. The smallest absolute Gasteiger partial charge is 0.323 e. The van der Waals surface area contributed by atoms with Crippen LogP contribution in [0.5, 0.6) is 0 Å². The van der Waals surface area contributed by atoms with E-state index in [0.29, 0.717) is 9.90 Å². The number of nitrogens with zero attached hydrogens (tertiary/aromatic N) is 1. The van der Waals surface area contributed by atoms with Gasteiger partial charge >= 0.3 is 5.97 Å². The summed E-state index contributed by atoms with van der Waals surface area (Å²) < 4.78 is 0. The number of carboxylic acids is 1. The zero-order valence-electron chi connectivity index (χ0n) is 10.5. The fourth-order valence-electron chi connectivity index (χ4n) is 1.76. The van der Waals surface area contributed by atoms with Gasteiger partial charge in [-0.15, -0.1) is 11.3 Å². The Morgan fingerprint density at radius 1 is 1.20 bits per heavy atom. The lowest BCUT2D eigenvalue weighted by atomic mass is 10.2. The van der Waals surface area contributed by atoms with Gasteiger partial charge in [-0.3, -0.25) is 9.59 Å². The molecule has 0 aliphatic carbocycles. The van der Waals surface area contributed by atoms with E-state index in [-0.39, 0.29) is 19.0 Å². The Morgan fingerprint density at radius 3 is 2.45 bits per heavy atom. The molecule has 0 aliphatic rings. The van der Waals surface area contributed by atoms with E-state index in [1.807, 2.05) is 30.3 Å². The Labute approximate surface area is 125 Å². The number of rotatable bonds is 5. The molecule has 20 heavy (non-hydrogen) atoms. The first-order valence-electron chi connectivity index (χ1n) is 5.86. The predicted octanol–water partition coefficient (Wildman–Crippen LogP) is 3.13. The number of benzene rings is 1. The Kier molecular flexibility index (Phi) is 4.76. The normalized spacial score (nSPS) is 10.2. The lowest BCUT2D eigenvalue weighted by Gasteiger charge is -2.20. The number of amides is 1. The van der Waals surface area contributed by atoms with Crippen molar-refractivity contribution in [1.82, 2.24) is 4.90 Å². The fraction of sp³-hybridized carbons (Fsp3) is 0.143. The van der Waals surface area contributed by atoms with E-state index in [9.17, 15) is 9.59 Å². The van der Waals surface area contributed by atoms with Crippen LogP contribution in [0.4, 0.5) is 0 Å². The molecule has 0 saturated heterocycles. The molecular weight excluding hydrogens is 298 g/mol. The van der Waals surface area contributed by atoms with E-state index in [2.05, 4.69) is 0 Å². The van der Waals surface area contributed by atoms with Gasteiger partial charge in [0.2, 0.25) is 0 Å². The maximum Gasteiger partial charge on any atom is 0.323 e. The van der Waals surface area contributed by atoms with E-state index < -0.39 is 5.97 Å². The largest absolute Gasteiger partial charge is 0.480 e. The van der Waals surface area contributed by atoms with Gasteiger partial charge in [0.1, 0.15) is 11.4 Å². The van der Waals surface area contributed by atoms with Crippen LogP contribution >= 0.6 is 22.9 Å². The molecule has 2 rings (SSSR count). The van der Waals surface area contributed by atoms with Gasteiger partial charge in [-0.1, -0.05) is 41.9 Å². The van der Waals surface area contributed by atoms with Crippen LogP contribution < -0.4 is 0 Å². The highest BCUT2D eigenvalue weighted by Gasteiger charge is 2.22. The second-order valence-corrected chi connectivity index (χ2v) is 5.46. The lowest BCUT2D eigenvalue weighted by Crippen LogP contribution is -2.34. The van der Waals surface area contributed by atoms with E-state index in [1.54, 1.807) is 11.4 Å². The number of carbonyl (C=O) groups excluding carboxylic acids is 1. The van der Waals surface area contributed by atoms with E-state index in [0.717, 1.165) is 5.56 Å². The molecule has 0 radical (unpaired) electrons. The minimum absolute atomic E-state index is 0.236. The van der Waals surface area contributed by atoms with E-state index in [1.165, 1.54) is 16.2 Å². The molecule has 1 heterocycles. The second-order valence-electron chi connectivity index (χ2n) is 4.14. The SMILES string of the molecule is O=C(O)CN(Cc1ccccc1)C(=O)c1sccc1Cl. The molecule has 4 nitrogen and oxygen atoms in total. The third-order valence-electron chi connectivity index (χ3n) is 2.64. The second kappa shape index (κ2) is 6.54. The van der Waals surface area contributed by atoms with Crippen molar-refractivity contribution in [3.8, 4) is 0 Å². The van der Waals surface area contributed by atoms with Crippen molar-refractivity contribution in [2.24, 2.45) is 0 Å². The van der Waals surface area contributed by atoms with Gasteiger partial charge in [-0.2, -0.15) is 0 Å². The minimum atomic E-state index is -1.05. The summed E-state index contributed by atoms with van der Waals surface area (Å²) in [6.07, 6.45) is 0. The summed E-state index contributed by atoms with van der Waals surface area (Å²) in [4.78, 5) is 24.9. The molecule has 1 N–H and O–H groups in total. The summed E-state index contributed by atoms with van der Waals surface area (Å²) in [5.41, 5.74) is 0.870. The zero-order valence-corrected chi connectivity index (χ0v) is 12.0. The molecule has 0 atom stereocenters. The van der Waals surface area contributed by atoms with Crippen LogP contribution in [0.25, 0.3) is 0 Å². The standard InChI is InChI=1S/C14H12ClNO3S/c15-11-6-7-20-13(11)14(19)16(9-12(17)18)8-10-4-2-1-3-5-10/h1-7H,8-9H2,(H,17,18). The van der Waals surface area contributed by atoms with Crippen LogP contribution in [-0.4, -0.2) is 28.4 Å². The van der Waals surface area contributed by atoms with Gasteiger partial charge in [0.15, 0.2) is 0 Å². The van der Waals surface area contributed by atoms with Crippen LogP contribution in [0.15, 0.2) is 41.8 Å². The number of halogens is 1. The molecule has 104 valence electrons. The van der Waals surface area contributed by atoms with Crippen molar-refractivity contribution in [2.45, 2.75) is 6.54 Å². The summed E-state index contributed by atoms with van der Waals surface area (Å²) in [5.74, 6) is -1.42. The Balaban J connectivity index is 2.21. The molecule has 6 heteroatoms. The lowest BCUT2D eigenvalue weighted by molar-refractivity contribution is -0.137. The van der Waals surface area contributed by atoms with Gasteiger partial charge in [0.05, 0.1) is 5.02 Å². The van der Waals surface area contributed by atoms with Crippen molar-refractivity contribution in [3.63, 3.8) is 0 Å². The number of aliphatic carboxylic acids is 1. The predicted molar refractivity (Wildman–Crippen MR) is 78.1 cm³/mol. The fourth-order valence-corrected chi connectivity index (χ4v) is 2.86. The first-order chi connectivity index (χ1) is 9.58. The number of carbonyl (C=O) groups is 2. The highest BCUT2D eigenvalue weighted by molar-refractivity contribution is 7.12. The molecule has 0 spiro atoms. The van der Waals surface area contributed by atoms with Gasteiger partial charge in [0.25, 0.3) is 5.91 Å². The van der Waals surface area contributed by atoms with Crippen molar-refractivity contribution in [3.05, 3.63) is 57.2 Å². The van der Waals surface area contributed by atoms with E-state index >= 15 is 0 Å². The maximum atomic E-state index is 12.4. The Hall–Kier alpha value is -1.85. The molecule has 0 unspecified atom stereocenters. The van der Waals surface area contributed by atoms with Crippen LogP contribution in [0.1, 0.15) is 15.2 Å². The molecule has 1 aromatic carbocycles. The highest BCUT2D eigenvalue weighted by atomic mass is 35.5. The van der Waals surface area contributed by atoms with Gasteiger partial charge < -0.3 is 10.0 Å². The molecule has 0 bridgehead atoms. The summed E-state index contributed by atoms with van der Waals surface area (Å²) in [7, 11) is 0. The highest BCUT2D eigenvalue weighted by Crippen LogP contribution is 2.24. The summed E-state index contributed by atoms with van der Waals surface area (Å²) in [5, 5.41) is 11.0. The first-order valence-corrected chi connectivity index (χ1v) is 7.11. The average molecular weight is 310 g/mol. The van der Waals surface area contributed by atoms with Crippen molar-refractivity contribution >= 4 is 34.8 Å². The Morgan fingerprint density at radius 2 is 1.90 bits per heavy atom. The minimum Gasteiger partial charge on any atom is -0.480 e. The first kappa shape index (κ1) is 14.6. The van der Waals surface area contributed by atoms with Crippen LogP contribution in [0, 0.1) is 0 Å². The van der Waals surface area contributed by atoms with E-state index in [4.69, 9.17) is 16.7 Å². The van der Waals surface area contributed by atoms with Gasteiger partial charge in [-0.25, -0.2) is 0 Å². The molecular formula is C14H12ClNO3S. The maximum absolute atomic E-state index is 12.4. The molecule has 0 aliphatic heterocycles. The van der Waals surface area contributed by atoms with Crippen LogP contribution in [0.3, 0.4) is 0 Å². The number of hydrogen-bond acceptors (Lipinski definition) is 3. The Bertz CT molecular complexity index is 612. The quantitative estimate of drug-likeness (QED) is 0.923. The van der Waals surface area contributed by atoms with Crippen molar-refractivity contribution in [1.29, 1.82) is 0 Å². The molecule has 2 aromatic rings. The number of carboxylic acid groups (broad SMARTS) is 1. The number of hydrogen-bond donors (Lipinski definition) is 1. The topological polar surface area (TPSA) is 57.6 Å². The van der Waals surface area contributed by atoms with Crippen molar-refractivity contribution in [2.75, 3.05) is 6.54 Å².